The standard InChI is InChI=1S/C18H14N2O5S/c21-18(22)17-10-5-14(25-17)11-19-12-1-6-15(7-2-12)26-16-8-3-13(4-9-16)20(23)24/h1-10,19H,11H2,(H,21,22). The van der Waals surface area contributed by atoms with E-state index >= 15 is 0 Å². The van der Waals surface area contributed by atoms with E-state index in [0.29, 0.717) is 12.3 Å². The molecule has 2 N–H and O–H groups in total. The minimum Gasteiger partial charge on any atom is -0.475 e. The number of carbonyl (C=O) groups is 1. The largest absolute Gasteiger partial charge is 0.475 e. The molecule has 132 valence electrons. The van der Waals surface area contributed by atoms with Crippen molar-refractivity contribution in [2.45, 2.75) is 16.3 Å². The molecule has 0 fully saturated rings. The molecule has 0 spiro atoms. The van der Waals surface area contributed by atoms with Crippen molar-refractivity contribution in [2.24, 2.45) is 0 Å². The molecule has 7 nitrogen and oxygen atoms in total. The second kappa shape index (κ2) is 7.75. The summed E-state index contributed by atoms with van der Waals surface area (Å²) in [6.45, 7) is 0.377. The number of carboxylic acid groups (broad SMARTS) is 1. The number of nitro groups is 1. The molecule has 0 atom stereocenters. The summed E-state index contributed by atoms with van der Waals surface area (Å²) in [6, 6.07) is 17.1. The molecule has 0 unspecified atom stereocenters. The summed E-state index contributed by atoms with van der Waals surface area (Å²) in [5.74, 6) is -0.646. The van der Waals surface area contributed by atoms with Gasteiger partial charge in [0.05, 0.1) is 11.5 Å². The van der Waals surface area contributed by atoms with Gasteiger partial charge in [-0.05, 0) is 48.5 Å². The Bertz CT molecular complexity index is 920. The molecule has 8 heteroatoms. The van der Waals surface area contributed by atoms with Crippen molar-refractivity contribution in [1.82, 2.24) is 0 Å². The van der Waals surface area contributed by atoms with Crippen molar-refractivity contribution in [3.63, 3.8) is 0 Å². The van der Waals surface area contributed by atoms with Gasteiger partial charge in [-0.25, -0.2) is 4.79 Å². The Balaban J connectivity index is 1.57. The van der Waals surface area contributed by atoms with Crippen molar-refractivity contribution < 1.29 is 19.2 Å². The zero-order valence-electron chi connectivity index (χ0n) is 13.4. The second-order valence-corrected chi connectivity index (χ2v) is 6.45. The van der Waals surface area contributed by atoms with Gasteiger partial charge in [0, 0.05) is 27.6 Å². The van der Waals surface area contributed by atoms with Gasteiger partial charge in [0.2, 0.25) is 5.76 Å². The van der Waals surface area contributed by atoms with Gasteiger partial charge >= 0.3 is 5.97 Å². The van der Waals surface area contributed by atoms with E-state index in [-0.39, 0.29) is 11.4 Å². The Morgan fingerprint density at radius 1 is 1.04 bits per heavy atom. The first kappa shape index (κ1) is 17.6. The maximum atomic E-state index is 10.8. The molecule has 0 saturated heterocycles. The number of rotatable bonds is 7. The number of furan rings is 1. The summed E-state index contributed by atoms with van der Waals surface area (Å²) >= 11 is 1.50. The van der Waals surface area contributed by atoms with Crippen LogP contribution in [0.25, 0.3) is 0 Å². The highest BCUT2D eigenvalue weighted by molar-refractivity contribution is 7.99. The normalized spacial score (nSPS) is 10.5. The van der Waals surface area contributed by atoms with Gasteiger partial charge in [0.25, 0.3) is 5.69 Å². The van der Waals surface area contributed by atoms with E-state index in [2.05, 4.69) is 5.32 Å². The van der Waals surface area contributed by atoms with Gasteiger partial charge in [0.1, 0.15) is 5.76 Å². The first-order valence-corrected chi connectivity index (χ1v) is 8.41. The molecule has 0 aliphatic rings. The maximum absolute atomic E-state index is 10.8. The summed E-state index contributed by atoms with van der Waals surface area (Å²) in [5.41, 5.74) is 0.934. The summed E-state index contributed by atoms with van der Waals surface area (Å²) < 4.78 is 5.18. The fourth-order valence-corrected chi connectivity index (χ4v) is 3.01. The van der Waals surface area contributed by atoms with Crippen LogP contribution in [0.15, 0.2) is 74.9 Å². The van der Waals surface area contributed by atoms with Gasteiger partial charge in [-0.2, -0.15) is 0 Å². The zero-order chi connectivity index (χ0) is 18.5. The van der Waals surface area contributed by atoms with Crippen LogP contribution in [-0.4, -0.2) is 16.0 Å². The number of nitro benzene ring substituents is 1. The summed E-state index contributed by atoms with van der Waals surface area (Å²) in [4.78, 5) is 22.9. The van der Waals surface area contributed by atoms with Gasteiger partial charge in [0.15, 0.2) is 0 Å². The SMILES string of the molecule is O=C(O)c1ccc(CNc2ccc(Sc3ccc([N+](=O)[O-])cc3)cc2)o1. The van der Waals surface area contributed by atoms with E-state index < -0.39 is 10.9 Å². The Morgan fingerprint density at radius 3 is 2.19 bits per heavy atom. The third-order valence-corrected chi connectivity index (χ3v) is 4.49. The van der Waals surface area contributed by atoms with E-state index in [1.807, 2.05) is 24.3 Å². The molecule has 26 heavy (non-hydrogen) atoms. The number of hydrogen-bond donors (Lipinski definition) is 2. The number of hydrogen-bond acceptors (Lipinski definition) is 6. The van der Waals surface area contributed by atoms with Crippen LogP contribution in [0, 0.1) is 10.1 Å². The molecule has 1 aromatic heterocycles. The molecule has 0 saturated carbocycles. The van der Waals surface area contributed by atoms with Gasteiger partial charge < -0.3 is 14.8 Å². The lowest BCUT2D eigenvalue weighted by Gasteiger charge is -2.06. The monoisotopic (exact) mass is 370 g/mol. The van der Waals surface area contributed by atoms with Crippen molar-refractivity contribution in [3.05, 3.63) is 82.3 Å². The quantitative estimate of drug-likeness (QED) is 0.460. The van der Waals surface area contributed by atoms with E-state index in [1.165, 1.54) is 30.0 Å². The minimum absolute atomic E-state index is 0.0675. The van der Waals surface area contributed by atoms with Crippen molar-refractivity contribution in [3.8, 4) is 0 Å². The average molecular weight is 370 g/mol. The Kier molecular flexibility index (Phi) is 5.23. The second-order valence-electron chi connectivity index (χ2n) is 5.30. The number of aromatic carboxylic acids is 1. The highest BCUT2D eigenvalue weighted by Gasteiger charge is 2.09. The fraction of sp³-hybridized carbons (Fsp3) is 0.0556. The fourth-order valence-electron chi connectivity index (χ4n) is 2.19. The molecule has 0 aliphatic heterocycles. The molecular formula is C18H14N2O5S. The number of anilines is 1. The first-order chi connectivity index (χ1) is 12.5. The van der Waals surface area contributed by atoms with Crippen molar-refractivity contribution >= 4 is 29.1 Å². The number of nitrogens with one attached hydrogen (secondary N) is 1. The lowest BCUT2D eigenvalue weighted by Crippen LogP contribution is -1.98. The maximum Gasteiger partial charge on any atom is 0.371 e. The molecule has 0 radical (unpaired) electrons. The summed E-state index contributed by atoms with van der Waals surface area (Å²) in [6.07, 6.45) is 0. The minimum atomic E-state index is -1.09. The first-order valence-electron chi connectivity index (χ1n) is 7.59. The van der Waals surface area contributed by atoms with E-state index in [4.69, 9.17) is 9.52 Å². The van der Waals surface area contributed by atoms with Crippen LogP contribution in [-0.2, 0) is 6.54 Å². The average Bonchev–Trinajstić information content (AvgIpc) is 3.11. The van der Waals surface area contributed by atoms with E-state index in [0.717, 1.165) is 15.5 Å². The van der Waals surface area contributed by atoms with Crippen LogP contribution in [0.4, 0.5) is 11.4 Å². The van der Waals surface area contributed by atoms with Gasteiger partial charge in [-0.3, -0.25) is 10.1 Å². The van der Waals surface area contributed by atoms with Crippen LogP contribution in [0.5, 0.6) is 0 Å². The molecule has 0 aliphatic carbocycles. The van der Waals surface area contributed by atoms with Gasteiger partial charge in [-0.1, -0.05) is 11.8 Å². The molecule has 3 rings (SSSR count). The van der Waals surface area contributed by atoms with E-state index in [1.54, 1.807) is 18.2 Å². The van der Waals surface area contributed by atoms with Crippen molar-refractivity contribution in [1.29, 1.82) is 0 Å². The third kappa shape index (κ3) is 4.42. The van der Waals surface area contributed by atoms with Crippen LogP contribution >= 0.6 is 11.8 Å². The molecule has 2 aromatic carbocycles. The Morgan fingerprint density at radius 2 is 1.65 bits per heavy atom. The van der Waals surface area contributed by atoms with Crippen molar-refractivity contribution in [2.75, 3.05) is 5.32 Å². The number of carboxylic acids is 1. The Labute approximate surface area is 152 Å². The highest BCUT2D eigenvalue weighted by Crippen LogP contribution is 2.29. The topological polar surface area (TPSA) is 106 Å². The van der Waals surface area contributed by atoms with Crippen LogP contribution in [0.1, 0.15) is 16.3 Å². The van der Waals surface area contributed by atoms with Crippen LogP contribution in [0.3, 0.4) is 0 Å². The van der Waals surface area contributed by atoms with E-state index in [9.17, 15) is 14.9 Å². The smallest absolute Gasteiger partial charge is 0.371 e. The highest BCUT2D eigenvalue weighted by atomic mass is 32.2. The third-order valence-electron chi connectivity index (χ3n) is 3.48. The zero-order valence-corrected chi connectivity index (χ0v) is 14.2. The van der Waals surface area contributed by atoms with Crippen LogP contribution in [0.2, 0.25) is 0 Å². The number of benzene rings is 2. The molecule has 0 bridgehead atoms. The summed E-state index contributed by atoms with van der Waals surface area (Å²) in [5, 5.41) is 22.6. The Hall–Kier alpha value is -3.26. The number of nitrogens with zero attached hydrogens (tertiary/aromatic N) is 1. The molecule has 3 aromatic rings. The number of non-ortho nitro benzene ring substituents is 1. The molecular weight excluding hydrogens is 356 g/mol. The predicted molar refractivity (Wildman–Crippen MR) is 96.7 cm³/mol. The molecule has 0 amide bonds. The van der Waals surface area contributed by atoms with Gasteiger partial charge in [-0.15, -0.1) is 0 Å². The summed E-state index contributed by atoms with van der Waals surface area (Å²) in [7, 11) is 0. The molecule has 1 heterocycles. The van der Waals surface area contributed by atoms with Crippen LogP contribution < -0.4 is 5.32 Å². The lowest BCUT2D eigenvalue weighted by atomic mass is 10.3. The predicted octanol–water partition coefficient (Wildman–Crippen LogP) is 4.65. The lowest BCUT2D eigenvalue weighted by molar-refractivity contribution is -0.384.